The van der Waals surface area contributed by atoms with Gasteiger partial charge >= 0.3 is 4.87 Å². The van der Waals surface area contributed by atoms with E-state index in [0.717, 1.165) is 21.6 Å². The summed E-state index contributed by atoms with van der Waals surface area (Å²) in [4.78, 5) is 11.7. The number of hydrogen-bond donors (Lipinski definition) is 1. The minimum Gasteiger partial charge on any atom is -0.302 e. The Labute approximate surface area is 139 Å². The van der Waals surface area contributed by atoms with E-state index in [1.165, 1.54) is 10.6 Å². The minimum absolute atomic E-state index is 0.0826. The van der Waals surface area contributed by atoms with Gasteiger partial charge in [0.1, 0.15) is 4.90 Å². The third kappa shape index (κ3) is 2.69. The molecule has 8 heteroatoms. The molecule has 1 heterocycles. The number of thiazole rings is 1. The summed E-state index contributed by atoms with van der Waals surface area (Å²) in [5, 5.41) is 0. The van der Waals surface area contributed by atoms with E-state index in [1.807, 2.05) is 0 Å². The van der Waals surface area contributed by atoms with Gasteiger partial charge in [-0.1, -0.05) is 23.5 Å². The molecule has 5 nitrogen and oxygen atoms in total. The highest BCUT2D eigenvalue weighted by molar-refractivity contribution is 9.10. The summed E-state index contributed by atoms with van der Waals surface area (Å²) in [7, 11) is -2.01. The van der Waals surface area contributed by atoms with Crippen LogP contribution in [0.25, 0.3) is 10.2 Å². The first-order chi connectivity index (χ1) is 10.4. The van der Waals surface area contributed by atoms with Crippen LogP contribution < -0.4 is 9.60 Å². The second-order valence-electron chi connectivity index (χ2n) is 4.65. The van der Waals surface area contributed by atoms with Crippen molar-refractivity contribution in [3.8, 4) is 0 Å². The third-order valence-electron chi connectivity index (χ3n) is 3.17. The molecule has 0 saturated carbocycles. The van der Waals surface area contributed by atoms with Crippen molar-refractivity contribution in [2.45, 2.75) is 4.90 Å². The molecule has 0 spiro atoms. The first-order valence-electron chi connectivity index (χ1n) is 6.25. The van der Waals surface area contributed by atoms with Crippen LogP contribution in [0.2, 0.25) is 0 Å². The van der Waals surface area contributed by atoms with Crippen molar-refractivity contribution in [1.29, 1.82) is 0 Å². The largest absolute Gasteiger partial charge is 0.307 e. The smallest absolute Gasteiger partial charge is 0.302 e. The van der Waals surface area contributed by atoms with Crippen LogP contribution in [-0.4, -0.2) is 13.0 Å². The van der Waals surface area contributed by atoms with Gasteiger partial charge in [-0.25, -0.2) is 8.42 Å². The lowest BCUT2D eigenvalue weighted by atomic mass is 10.3. The van der Waals surface area contributed by atoms with E-state index >= 15 is 0 Å². The molecule has 2 aromatic carbocycles. The third-order valence-corrected chi connectivity index (χ3v) is 6.56. The molecule has 0 aliphatic rings. The van der Waals surface area contributed by atoms with Gasteiger partial charge in [0, 0.05) is 11.5 Å². The zero-order valence-corrected chi connectivity index (χ0v) is 14.6. The number of nitrogens with one attached hydrogen (secondary N) is 1. The molecule has 1 N–H and O–H groups in total. The lowest BCUT2D eigenvalue weighted by Crippen LogP contribution is -2.13. The molecule has 0 unspecified atom stereocenters. The quantitative estimate of drug-likeness (QED) is 0.736. The number of halogens is 1. The van der Waals surface area contributed by atoms with Crippen molar-refractivity contribution < 1.29 is 8.42 Å². The average Bonchev–Trinajstić information content (AvgIpc) is 2.73. The second kappa shape index (κ2) is 5.53. The Morgan fingerprint density at radius 2 is 1.91 bits per heavy atom. The first kappa shape index (κ1) is 15.3. The molecule has 0 aliphatic heterocycles. The molecule has 3 aromatic rings. The molecule has 3 rings (SSSR count). The Morgan fingerprint density at radius 3 is 2.64 bits per heavy atom. The maximum atomic E-state index is 12.4. The SMILES string of the molecule is Cn1c(=O)sc2cc(NS(=O)(=O)c3ccccc3Br)ccc21. The molecular formula is C14H11BrN2O3S2. The fraction of sp³-hybridized carbons (Fsp3) is 0.0714. The van der Waals surface area contributed by atoms with Gasteiger partial charge in [0.05, 0.1) is 15.9 Å². The molecule has 22 heavy (non-hydrogen) atoms. The summed E-state index contributed by atoms with van der Waals surface area (Å²) in [5.74, 6) is 0. The highest BCUT2D eigenvalue weighted by Gasteiger charge is 2.17. The van der Waals surface area contributed by atoms with Crippen LogP contribution in [-0.2, 0) is 17.1 Å². The Hall–Kier alpha value is -1.64. The van der Waals surface area contributed by atoms with Crippen molar-refractivity contribution in [3.63, 3.8) is 0 Å². The van der Waals surface area contributed by atoms with Crippen LogP contribution in [0.15, 0.2) is 56.6 Å². The lowest BCUT2D eigenvalue weighted by Gasteiger charge is -2.09. The number of anilines is 1. The number of fused-ring (bicyclic) bond motifs is 1. The molecule has 0 radical (unpaired) electrons. The molecule has 114 valence electrons. The molecular weight excluding hydrogens is 388 g/mol. The van der Waals surface area contributed by atoms with E-state index in [2.05, 4.69) is 20.7 Å². The van der Waals surface area contributed by atoms with E-state index in [9.17, 15) is 13.2 Å². The van der Waals surface area contributed by atoms with Crippen LogP contribution in [0.4, 0.5) is 5.69 Å². The van der Waals surface area contributed by atoms with Crippen molar-refractivity contribution in [2.24, 2.45) is 7.05 Å². The topological polar surface area (TPSA) is 68.2 Å². The number of hydrogen-bond acceptors (Lipinski definition) is 4. The normalized spacial score (nSPS) is 11.7. The summed E-state index contributed by atoms with van der Waals surface area (Å²) in [6.07, 6.45) is 0. The molecule has 0 bridgehead atoms. The number of rotatable bonds is 3. The Balaban J connectivity index is 2.02. The van der Waals surface area contributed by atoms with Crippen molar-refractivity contribution in [3.05, 3.63) is 56.6 Å². The van der Waals surface area contributed by atoms with E-state index < -0.39 is 10.0 Å². The van der Waals surface area contributed by atoms with Gasteiger partial charge in [-0.3, -0.25) is 9.52 Å². The lowest BCUT2D eigenvalue weighted by molar-refractivity contribution is 0.601. The van der Waals surface area contributed by atoms with E-state index in [1.54, 1.807) is 43.4 Å². The van der Waals surface area contributed by atoms with Crippen LogP contribution in [0.5, 0.6) is 0 Å². The maximum absolute atomic E-state index is 12.4. The molecule has 0 aliphatic carbocycles. The van der Waals surface area contributed by atoms with Crippen LogP contribution in [0.1, 0.15) is 0 Å². The molecule has 0 atom stereocenters. The second-order valence-corrected chi connectivity index (χ2v) is 8.14. The summed E-state index contributed by atoms with van der Waals surface area (Å²) in [5.41, 5.74) is 1.20. The number of benzene rings is 2. The standard InChI is InChI=1S/C14H11BrN2O3S2/c1-17-11-7-6-9(8-12(11)21-14(17)18)16-22(19,20)13-5-3-2-4-10(13)15/h2-8,16H,1H3. The fourth-order valence-corrected chi connectivity index (χ4v) is 5.04. The minimum atomic E-state index is -3.69. The van der Waals surface area contributed by atoms with E-state index in [0.29, 0.717) is 10.2 Å². The summed E-state index contributed by atoms with van der Waals surface area (Å²) >= 11 is 4.32. The predicted molar refractivity (Wildman–Crippen MR) is 92.0 cm³/mol. The van der Waals surface area contributed by atoms with E-state index in [4.69, 9.17) is 0 Å². The van der Waals surface area contributed by atoms with Gasteiger partial charge in [0.15, 0.2) is 0 Å². The molecule has 0 amide bonds. The number of aromatic nitrogens is 1. The molecule has 0 fully saturated rings. The van der Waals surface area contributed by atoms with Gasteiger partial charge in [0.25, 0.3) is 10.0 Å². The van der Waals surface area contributed by atoms with Gasteiger partial charge in [-0.05, 0) is 46.3 Å². The summed E-state index contributed by atoms with van der Waals surface area (Å²) in [6.45, 7) is 0. The average molecular weight is 399 g/mol. The number of aryl methyl sites for hydroxylation is 1. The van der Waals surface area contributed by atoms with Crippen LogP contribution in [0, 0.1) is 0 Å². The number of sulfonamides is 1. The van der Waals surface area contributed by atoms with Crippen molar-refractivity contribution in [1.82, 2.24) is 4.57 Å². The van der Waals surface area contributed by atoms with E-state index in [-0.39, 0.29) is 9.77 Å². The van der Waals surface area contributed by atoms with Gasteiger partial charge < -0.3 is 4.57 Å². The Kier molecular flexibility index (Phi) is 3.84. The van der Waals surface area contributed by atoms with Crippen molar-refractivity contribution >= 4 is 53.2 Å². The summed E-state index contributed by atoms with van der Waals surface area (Å²) < 4.78 is 30.1. The summed E-state index contributed by atoms with van der Waals surface area (Å²) in [6, 6.07) is 11.6. The Bertz CT molecular complexity index is 1020. The highest BCUT2D eigenvalue weighted by atomic mass is 79.9. The Morgan fingerprint density at radius 1 is 1.18 bits per heavy atom. The van der Waals surface area contributed by atoms with Gasteiger partial charge in [0.2, 0.25) is 0 Å². The van der Waals surface area contributed by atoms with Crippen LogP contribution >= 0.6 is 27.3 Å². The van der Waals surface area contributed by atoms with Crippen molar-refractivity contribution in [2.75, 3.05) is 4.72 Å². The zero-order chi connectivity index (χ0) is 15.9. The monoisotopic (exact) mass is 398 g/mol. The fourth-order valence-electron chi connectivity index (χ4n) is 2.07. The maximum Gasteiger partial charge on any atom is 0.307 e. The predicted octanol–water partition coefficient (Wildman–Crippen LogP) is 3.16. The van der Waals surface area contributed by atoms with Gasteiger partial charge in [-0.2, -0.15) is 0 Å². The number of nitrogens with zero attached hydrogens (tertiary/aromatic N) is 1. The highest BCUT2D eigenvalue weighted by Crippen LogP contribution is 2.26. The zero-order valence-electron chi connectivity index (χ0n) is 11.4. The first-order valence-corrected chi connectivity index (χ1v) is 9.35. The van der Waals surface area contributed by atoms with Crippen LogP contribution in [0.3, 0.4) is 0 Å². The molecule has 0 saturated heterocycles. The molecule has 1 aromatic heterocycles. The van der Waals surface area contributed by atoms with Gasteiger partial charge in [-0.15, -0.1) is 0 Å².